The number of nitrogen functional groups attached to an aromatic ring is 2. The third-order valence-corrected chi connectivity index (χ3v) is 6.61. The van der Waals surface area contributed by atoms with Crippen molar-refractivity contribution in [3.05, 3.63) is 70.5 Å². The highest BCUT2D eigenvalue weighted by molar-refractivity contribution is 6.31. The second-order valence-electron chi connectivity index (χ2n) is 8.68. The molecule has 0 saturated heterocycles. The highest BCUT2D eigenvalue weighted by Gasteiger charge is 2.35. The lowest BCUT2D eigenvalue weighted by atomic mass is 9.92. The lowest BCUT2D eigenvalue weighted by Gasteiger charge is -2.35. The zero-order valence-electron chi connectivity index (χ0n) is 20.3. The minimum Gasteiger partial charge on any atom is -0.492 e. The van der Waals surface area contributed by atoms with Gasteiger partial charge in [0.05, 0.1) is 18.4 Å². The van der Waals surface area contributed by atoms with Crippen molar-refractivity contribution < 1.29 is 14.3 Å². The van der Waals surface area contributed by atoms with Crippen LogP contribution in [0.4, 0.5) is 16.3 Å². The molecule has 0 fully saturated rings. The zero-order chi connectivity index (χ0) is 25.9. The van der Waals surface area contributed by atoms with Crippen LogP contribution in [0.3, 0.4) is 0 Å². The lowest BCUT2D eigenvalue weighted by molar-refractivity contribution is 0.0993. The molecule has 9 nitrogen and oxygen atoms in total. The van der Waals surface area contributed by atoms with Crippen LogP contribution in [0.1, 0.15) is 29.8 Å². The number of nitrogens with two attached hydrogens (primary N) is 2. The second-order valence-corrected chi connectivity index (χ2v) is 9.12. The Morgan fingerprint density at radius 1 is 1.24 bits per heavy atom. The molecule has 1 amide bonds. The minimum atomic E-state index is -0.409. The number of aromatic amines is 1. The van der Waals surface area contributed by atoms with E-state index in [1.54, 1.807) is 22.7 Å². The molecule has 37 heavy (non-hydrogen) atoms. The van der Waals surface area contributed by atoms with Crippen LogP contribution in [-0.4, -0.2) is 45.5 Å². The first-order valence-electron chi connectivity index (χ1n) is 11.9. The predicted octanol–water partition coefficient (Wildman–Crippen LogP) is 4.37. The molecule has 0 bridgehead atoms. The quantitative estimate of drug-likeness (QED) is 0.325. The molecule has 4 aromatic rings. The van der Waals surface area contributed by atoms with Crippen LogP contribution in [0.25, 0.3) is 10.9 Å². The molecule has 1 aliphatic heterocycles. The van der Waals surface area contributed by atoms with Gasteiger partial charge in [0, 0.05) is 28.2 Å². The first-order chi connectivity index (χ1) is 17.9. The van der Waals surface area contributed by atoms with Gasteiger partial charge >= 0.3 is 6.09 Å². The number of nitrogens with one attached hydrogen (secondary N) is 1. The Morgan fingerprint density at radius 2 is 2.05 bits per heavy atom. The van der Waals surface area contributed by atoms with Gasteiger partial charge in [-0.05, 0) is 54.8 Å². The maximum atomic E-state index is 13.1. The fourth-order valence-electron chi connectivity index (χ4n) is 4.63. The Bertz CT molecular complexity index is 1480. The van der Waals surface area contributed by atoms with Gasteiger partial charge in [-0.1, -0.05) is 29.7 Å². The molecule has 0 aliphatic carbocycles. The van der Waals surface area contributed by atoms with Crippen molar-refractivity contribution in [3.63, 3.8) is 0 Å². The van der Waals surface area contributed by atoms with Crippen molar-refractivity contribution in [2.75, 3.05) is 31.2 Å². The maximum Gasteiger partial charge on any atom is 0.411 e. The van der Waals surface area contributed by atoms with E-state index in [4.69, 9.17) is 32.5 Å². The predicted molar refractivity (Wildman–Crippen MR) is 143 cm³/mol. The molecule has 0 saturated carbocycles. The molecule has 2 aromatic carbocycles. The Hall–Kier alpha value is -4.29. The monoisotopic (exact) mass is 518 g/mol. The largest absolute Gasteiger partial charge is 0.492 e. The smallest absolute Gasteiger partial charge is 0.411 e. The summed E-state index contributed by atoms with van der Waals surface area (Å²) < 4.78 is 13.0. The summed E-state index contributed by atoms with van der Waals surface area (Å²) in [7, 11) is 0. The summed E-state index contributed by atoms with van der Waals surface area (Å²) in [4.78, 5) is 18.3. The normalized spacial score (nSPS) is 14.6. The van der Waals surface area contributed by atoms with Crippen LogP contribution in [0, 0.1) is 11.8 Å². The summed E-state index contributed by atoms with van der Waals surface area (Å²) in [5.41, 5.74) is 15.9. The van der Waals surface area contributed by atoms with Gasteiger partial charge in [-0.25, -0.2) is 4.79 Å². The summed E-state index contributed by atoms with van der Waals surface area (Å²) in [5.74, 6) is 6.54. The van der Waals surface area contributed by atoms with Gasteiger partial charge in [-0.3, -0.25) is 9.58 Å². The summed E-state index contributed by atoms with van der Waals surface area (Å²) in [5, 5.41) is 5.87. The van der Waals surface area contributed by atoms with Gasteiger partial charge in [0.1, 0.15) is 18.4 Å². The number of carbonyl (C=O) groups is 1. The van der Waals surface area contributed by atoms with Crippen LogP contribution in [0.15, 0.2) is 48.7 Å². The first kappa shape index (κ1) is 24.4. The van der Waals surface area contributed by atoms with Crippen LogP contribution in [0.2, 0.25) is 5.02 Å². The van der Waals surface area contributed by atoms with E-state index in [2.05, 4.69) is 21.9 Å². The van der Waals surface area contributed by atoms with Gasteiger partial charge in [-0.15, -0.1) is 5.92 Å². The number of hydrogen-bond acceptors (Lipinski definition) is 6. The Labute approximate surface area is 219 Å². The van der Waals surface area contributed by atoms with Crippen molar-refractivity contribution in [1.82, 2.24) is 19.7 Å². The second kappa shape index (κ2) is 10.4. The van der Waals surface area contributed by atoms with E-state index in [0.29, 0.717) is 48.4 Å². The fourth-order valence-corrected chi connectivity index (χ4v) is 4.80. The minimum absolute atomic E-state index is 0.0497. The Morgan fingerprint density at radius 3 is 2.78 bits per heavy atom. The van der Waals surface area contributed by atoms with E-state index in [1.807, 2.05) is 42.5 Å². The molecular weight excluding hydrogens is 492 g/mol. The number of halogens is 1. The van der Waals surface area contributed by atoms with Crippen LogP contribution < -0.4 is 16.2 Å². The Balaban J connectivity index is 1.40. The van der Waals surface area contributed by atoms with Crippen molar-refractivity contribution >= 4 is 40.1 Å². The number of rotatable bonds is 6. The lowest BCUT2D eigenvalue weighted by Crippen LogP contribution is -2.41. The summed E-state index contributed by atoms with van der Waals surface area (Å²) in [6.45, 7) is 3.17. The molecule has 3 heterocycles. The van der Waals surface area contributed by atoms with Crippen molar-refractivity contribution in [1.29, 1.82) is 0 Å². The summed E-state index contributed by atoms with van der Waals surface area (Å²) in [6.07, 6.45) is 1.95. The fraction of sp³-hybridized carbons (Fsp3) is 0.259. The molecule has 1 atom stereocenters. The third-order valence-electron chi connectivity index (χ3n) is 6.37. The van der Waals surface area contributed by atoms with E-state index in [0.717, 1.165) is 27.7 Å². The highest BCUT2D eigenvalue weighted by Crippen LogP contribution is 2.39. The highest BCUT2D eigenvalue weighted by atomic mass is 35.5. The number of aromatic nitrogens is 3. The number of benzene rings is 2. The number of nitrogens with zero attached hydrogens (tertiary/aromatic N) is 3. The molecule has 190 valence electrons. The number of amides is 1. The van der Waals surface area contributed by atoms with Gasteiger partial charge in [0.2, 0.25) is 0 Å². The van der Waals surface area contributed by atoms with E-state index >= 15 is 0 Å². The van der Waals surface area contributed by atoms with Crippen LogP contribution >= 0.6 is 11.6 Å². The summed E-state index contributed by atoms with van der Waals surface area (Å²) in [6, 6.07) is 13.1. The number of H-pyrrole nitrogens is 1. The molecule has 10 heteroatoms. The van der Waals surface area contributed by atoms with E-state index in [-0.39, 0.29) is 12.6 Å². The average Bonchev–Trinajstić information content (AvgIpc) is 3.42. The topological polar surface area (TPSA) is 124 Å². The van der Waals surface area contributed by atoms with Crippen molar-refractivity contribution in [2.24, 2.45) is 0 Å². The first-order valence-corrected chi connectivity index (χ1v) is 12.3. The van der Waals surface area contributed by atoms with Crippen LogP contribution in [0.5, 0.6) is 5.75 Å². The number of carbonyl (C=O) groups excluding carboxylic acids is 1. The molecule has 5 N–H and O–H groups in total. The maximum absolute atomic E-state index is 13.1. The average molecular weight is 519 g/mol. The number of fused-ring (bicyclic) bond motifs is 3. The SMILES string of the molecule is CC#CCOC(=O)N1CCc2c([nH]c3ccc(Cl)cc23)C1c1ccc(OCCn2cc(N)c(N)n2)cc1. The van der Waals surface area contributed by atoms with Gasteiger partial charge in [0.25, 0.3) is 0 Å². The molecule has 0 radical (unpaired) electrons. The zero-order valence-corrected chi connectivity index (χ0v) is 21.1. The number of hydrogen-bond donors (Lipinski definition) is 3. The van der Waals surface area contributed by atoms with Crippen LogP contribution in [-0.2, 0) is 17.7 Å². The summed E-state index contributed by atoms with van der Waals surface area (Å²) >= 11 is 6.29. The molecule has 0 spiro atoms. The molecule has 2 aromatic heterocycles. The number of ether oxygens (including phenoxy) is 2. The Kier molecular flexibility index (Phi) is 6.84. The molecule has 5 rings (SSSR count). The standard InChI is InChI=1S/C27H27ClN6O3/c1-2-3-13-37-27(35)34-11-10-20-21-15-18(28)6-9-23(21)31-24(20)25(34)17-4-7-19(8-5-17)36-14-12-33-16-22(29)26(30)32-33/h4-9,15-16,25,31H,10-14,29H2,1H3,(H2,30,32). The molecule has 1 unspecified atom stereocenters. The van der Waals surface area contributed by atoms with Crippen molar-refractivity contribution in [2.45, 2.75) is 25.9 Å². The third kappa shape index (κ3) is 5.01. The van der Waals surface area contributed by atoms with Gasteiger partial charge in [0.15, 0.2) is 12.4 Å². The molecule has 1 aliphatic rings. The molecular formula is C27H27ClN6O3. The van der Waals surface area contributed by atoms with Gasteiger partial charge < -0.3 is 25.9 Å². The number of anilines is 2. The van der Waals surface area contributed by atoms with E-state index in [9.17, 15) is 4.79 Å². The van der Waals surface area contributed by atoms with Gasteiger partial charge in [-0.2, -0.15) is 5.10 Å². The van der Waals surface area contributed by atoms with Crippen molar-refractivity contribution in [3.8, 4) is 17.6 Å². The van der Waals surface area contributed by atoms with E-state index < -0.39 is 6.09 Å². The van der Waals surface area contributed by atoms with E-state index in [1.165, 1.54) is 0 Å².